The molecule has 7 nitrogen and oxygen atoms in total. The summed E-state index contributed by atoms with van der Waals surface area (Å²) in [6, 6.07) is 10.0. The molecule has 5 rings (SSSR count). The fraction of sp³-hybridized carbons (Fsp3) is 0.381. The third kappa shape index (κ3) is 2.70. The van der Waals surface area contributed by atoms with Crippen LogP contribution in [0.5, 0.6) is 0 Å². The predicted octanol–water partition coefficient (Wildman–Crippen LogP) is 2.59. The molecule has 1 atom stereocenters. The average molecular weight is 376 g/mol. The molecule has 0 aliphatic carbocycles. The second-order valence-electron chi connectivity index (χ2n) is 8.16. The van der Waals surface area contributed by atoms with Crippen LogP contribution in [0.2, 0.25) is 0 Å². The van der Waals surface area contributed by atoms with E-state index in [9.17, 15) is 5.11 Å². The Morgan fingerprint density at radius 2 is 1.96 bits per heavy atom. The lowest BCUT2D eigenvalue weighted by Gasteiger charge is -2.31. The molecule has 1 aliphatic rings. The lowest BCUT2D eigenvalue weighted by molar-refractivity contribution is 0.0798. The SMILES string of the molecule is CC(C)(O)c1cc2ncc(N3CCC[C@H](N)C3)nc2n2c1nc1ccccc12. The van der Waals surface area contributed by atoms with Gasteiger partial charge in [0.15, 0.2) is 5.65 Å². The molecule has 1 aromatic carbocycles. The molecule has 28 heavy (non-hydrogen) atoms. The molecule has 0 spiro atoms. The van der Waals surface area contributed by atoms with Gasteiger partial charge < -0.3 is 15.7 Å². The minimum Gasteiger partial charge on any atom is -0.386 e. The molecule has 144 valence electrons. The van der Waals surface area contributed by atoms with Crippen LogP contribution >= 0.6 is 0 Å². The van der Waals surface area contributed by atoms with Crippen molar-refractivity contribution in [1.82, 2.24) is 19.4 Å². The van der Waals surface area contributed by atoms with Gasteiger partial charge in [-0.1, -0.05) is 12.1 Å². The monoisotopic (exact) mass is 376 g/mol. The first-order valence-corrected chi connectivity index (χ1v) is 9.72. The van der Waals surface area contributed by atoms with Crippen LogP contribution in [0.25, 0.3) is 27.8 Å². The molecule has 0 bridgehead atoms. The average Bonchev–Trinajstić information content (AvgIpc) is 3.06. The van der Waals surface area contributed by atoms with E-state index in [0.29, 0.717) is 5.65 Å². The Balaban J connectivity index is 1.82. The van der Waals surface area contributed by atoms with E-state index in [2.05, 4.69) is 9.88 Å². The number of nitrogens with two attached hydrogens (primary N) is 1. The van der Waals surface area contributed by atoms with Gasteiger partial charge in [0.1, 0.15) is 17.0 Å². The van der Waals surface area contributed by atoms with Gasteiger partial charge in [0.25, 0.3) is 0 Å². The van der Waals surface area contributed by atoms with Crippen molar-refractivity contribution >= 4 is 33.7 Å². The van der Waals surface area contributed by atoms with Gasteiger partial charge in [0.2, 0.25) is 0 Å². The van der Waals surface area contributed by atoms with E-state index < -0.39 is 5.60 Å². The lowest BCUT2D eigenvalue weighted by Crippen LogP contribution is -2.43. The Labute approximate surface area is 162 Å². The molecular weight excluding hydrogens is 352 g/mol. The zero-order valence-electron chi connectivity index (χ0n) is 16.1. The number of anilines is 1. The second-order valence-corrected chi connectivity index (χ2v) is 8.16. The number of aromatic nitrogens is 4. The minimum absolute atomic E-state index is 0.165. The molecule has 1 saturated heterocycles. The molecule has 1 aliphatic heterocycles. The van der Waals surface area contributed by atoms with Crippen molar-refractivity contribution in [3.05, 3.63) is 42.1 Å². The second kappa shape index (κ2) is 6.12. The molecule has 3 aromatic heterocycles. The number of hydrogen-bond donors (Lipinski definition) is 2. The highest BCUT2D eigenvalue weighted by atomic mass is 16.3. The van der Waals surface area contributed by atoms with Crippen molar-refractivity contribution in [2.24, 2.45) is 5.73 Å². The number of nitrogens with zero attached hydrogens (tertiary/aromatic N) is 5. The highest BCUT2D eigenvalue weighted by molar-refractivity contribution is 5.89. The number of hydrogen-bond acceptors (Lipinski definition) is 6. The normalized spacial score (nSPS) is 18.4. The van der Waals surface area contributed by atoms with E-state index in [1.807, 2.05) is 34.7 Å². The summed E-state index contributed by atoms with van der Waals surface area (Å²) < 4.78 is 2.01. The maximum atomic E-state index is 10.7. The van der Waals surface area contributed by atoms with Crippen LogP contribution in [0.1, 0.15) is 32.3 Å². The van der Waals surface area contributed by atoms with E-state index in [1.165, 1.54) is 0 Å². The van der Waals surface area contributed by atoms with Crippen molar-refractivity contribution in [3.8, 4) is 0 Å². The standard InChI is InChI=1S/C21H24N6O/c1-21(2,28)14-10-16-20(27-17-8-4-3-7-15(17)24-19(14)27)25-18(11-23-16)26-9-5-6-13(22)12-26/h3-4,7-8,10-11,13,28H,5-6,9,12,22H2,1-2H3/t13-/m0/s1. The Kier molecular flexibility index (Phi) is 3.79. The molecule has 0 radical (unpaired) electrons. The predicted molar refractivity (Wildman–Crippen MR) is 110 cm³/mol. The third-order valence-corrected chi connectivity index (χ3v) is 5.50. The van der Waals surface area contributed by atoms with Crippen LogP contribution in [0, 0.1) is 0 Å². The van der Waals surface area contributed by atoms with Crippen molar-refractivity contribution in [1.29, 1.82) is 0 Å². The molecule has 1 fully saturated rings. The van der Waals surface area contributed by atoms with Gasteiger partial charge in [-0.2, -0.15) is 0 Å². The van der Waals surface area contributed by atoms with E-state index in [0.717, 1.165) is 59.5 Å². The topological polar surface area (TPSA) is 92.6 Å². The first kappa shape index (κ1) is 17.3. The number of fused-ring (bicyclic) bond motifs is 5. The molecule has 4 heterocycles. The summed E-state index contributed by atoms with van der Waals surface area (Å²) in [4.78, 5) is 16.6. The lowest BCUT2D eigenvalue weighted by atomic mass is 9.99. The number of benzene rings is 1. The number of pyridine rings is 1. The van der Waals surface area contributed by atoms with E-state index >= 15 is 0 Å². The van der Waals surface area contributed by atoms with Gasteiger partial charge in [-0.15, -0.1) is 0 Å². The van der Waals surface area contributed by atoms with Crippen LogP contribution in [0.15, 0.2) is 36.5 Å². The summed E-state index contributed by atoms with van der Waals surface area (Å²) in [5, 5.41) is 10.7. The van der Waals surface area contributed by atoms with Gasteiger partial charge in [-0.3, -0.25) is 4.40 Å². The zero-order chi connectivity index (χ0) is 19.5. The van der Waals surface area contributed by atoms with E-state index in [-0.39, 0.29) is 6.04 Å². The van der Waals surface area contributed by atoms with Gasteiger partial charge in [0.05, 0.1) is 22.8 Å². The van der Waals surface area contributed by atoms with Crippen LogP contribution in [0.4, 0.5) is 5.82 Å². The van der Waals surface area contributed by atoms with Crippen molar-refractivity contribution in [2.45, 2.75) is 38.3 Å². The van der Waals surface area contributed by atoms with E-state index in [4.69, 9.17) is 15.7 Å². The fourth-order valence-electron chi connectivity index (χ4n) is 4.09. The van der Waals surface area contributed by atoms with Crippen LogP contribution in [0.3, 0.4) is 0 Å². The fourth-order valence-corrected chi connectivity index (χ4v) is 4.09. The summed E-state index contributed by atoms with van der Waals surface area (Å²) in [6.07, 6.45) is 3.91. The number of imidazole rings is 1. The van der Waals surface area contributed by atoms with Crippen molar-refractivity contribution in [2.75, 3.05) is 18.0 Å². The number of rotatable bonds is 2. The van der Waals surface area contributed by atoms with Crippen molar-refractivity contribution in [3.63, 3.8) is 0 Å². The molecule has 0 unspecified atom stereocenters. The van der Waals surface area contributed by atoms with Crippen LogP contribution in [-0.4, -0.2) is 43.6 Å². The summed E-state index contributed by atoms with van der Waals surface area (Å²) in [7, 11) is 0. The number of para-hydroxylation sites is 2. The highest BCUT2D eigenvalue weighted by Crippen LogP contribution is 2.31. The molecule has 0 amide bonds. The molecule has 7 heteroatoms. The zero-order valence-corrected chi connectivity index (χ0v) is 16.1. The molecular formula is C21H24N6O. The van der Waals surface area contributed by atoms with Crippen LogP contribution in [-0.2, 0) is 5.60 Å². The van der Waals surface area contributed by atoms with Crippen LogP contribution < -0.4 is 10.6 Å². The maximum Gasteiger partial charge on any atom is 0.167 e. The van der Waals surface area contributed by atoms with Gasteiger partial charge in [0, 0.05) is 24.7 Å². The molecule has 4 aromatic rings. The van der Waals surface area contributed by atoms with Gasteiger partial charge in [-0.05, 0) is 44.9 Å². The minimum atomic E-state index is -1.04. The summed E-state index contributed by atoms with van der Waals surface area (Å²) in [5.74, 6) is 0.831. The first-order chi connectivity index (χ1) is 13.4. The summed E-state index contributed by atoms with van der Waals surface area (Å²) >= 11 is 0. The largest absolute Gasteiger partial charge is 0.386 e. The Morgan fingerprint density at radius 3 is 2.75 bits per heavy atom. The Morgan fingerprint density at radius 1 is 1.14 bits per heavy atom. The van der Waals surface area contributed by atoms with E-state index in [1.54, 1.807) is 20.0 Å². The highest BCUT2D eigenvalue weighted by Gasteiger charge is 2.25. The van der Waals surface area contributed by atoms with Gasteiger partial charge in [-0.25, -0.2) is 15.0 Å². The summed E-state index contributed by atoms with van der Waals surface area (Å²) in [5.41, 5.74) is 9.86. The molecule has 3 N–H and O–H groups in total. The smallest absolute Gasteiger partial charge is 0.167 e. The first-order valence-electron chi connectivity index (χ1n) is 9.72. The summed E-state index contributed by atoms with van der Waals surface area (Å²) in [6.45, 7) is 5.26. The van der Waals surface area contributed by atoms with Gasteiger partial charge >= 0.3 is 0 Å². The quantitative estimate of drug-likeness (QED) is 0.559. The third-order valence-electron chi connectivity index (χ3n) is 5.50. The van der Waals surface area contributed by atoms with Crippen molar-refractivity contribution < 1.29 is 5.11 Å². The number of aliphatic hydroxyl groups is 1. The number of piperidine rings is 1. The Bertz CT molecular complexity index is 1190. The Hall–Kier alpha value is -2.77. The molecule has 0 saturated carbocycles. The maximum absolute atomic E-state index is 10.7.